The van der Waals surface area contributed by atoms with Gasteiger partial charge < -0.3 is 0 Å². The Kier molecular flexibility index (Phi) is 3.51. The molecule has 0 aliphatic heterocycles. The summed E-state index contributed by atoms with van der Waals surface area (Å²) in [5.41, 5.74) is 1.54. The zero-order valence-electron chi connectivity index (χ0n) is 14.3. The summed E-state index contributed by atoms with van der Waals surface area (Å²) in [6, 6.07) is 0. The van der Waals surface area contributed by atoms with Crippen LogP contribution in [0, 0.1) is 47.3 Å². The molecule has 0 aromatic carbocycles. The Balaban J connectivity index is 1.70. The van der Waals surface area contributed by atoms with Gasteiger partial charge in [0.15, 0.2) is 5.78 Å². The van der Waals surface area contributed by atoms with Crippen LogP contribution in [0.3, 0.4) is 0 Å². The first-order valence-electron chi connectivity index (χ1n) is 9.29. The normalized spacial score (nSPS) is 52.0. The monoisotopic (exact) mass is 330 g/mol. The van der Waals surface area contributed by atoms with Crippen molar-refractivity contribution >= 4 is 17.4 Å². The number of alkyl halides is 1. The molecular formula is C21H27ClO. The Bertz CT molecular complexity index is 614. The number of hydrogen-bond acceptors (Lipinski definition) is 1. The van der Waals surface area contributed by atoms with Crippen LogP contribution in [0.15, 0.2) is 11.6 Å². The zero-order chi connectivity index (χ0) is 16.4. The molecule has 1 nitrogen and oxygen atoms in total. The highest BCUT2D eigenvalue weighted by Gasteiger charge is 2.62. The van der Waals surface area contributed by atoms with Crippen LogP contribution in [0.5, 0.6) is 0 Å². The van der Waals surface area contributed by atoms with Crippen LogP contribution < -0.4 is 0 Å². The third kappa shape index (κ3) is 2.03. The van der Waals surface area contributed by atoms with Gasteiger partial charge in [0.25, 0.3) is 0 Å². The van der Waals surface area contributed by atoms with Crippen molar-refractivity contribution in [2.75, 3.05) is 0 Å². The number of halogens is 1. The molecule has 124 valence electrons. The molecular weight excluding hydrogens is 304 g/mol. The van der Waals surface area contributed by atoms with Crippen molar-refractivity contribution in [1.82, 2.24) is 0 Å². The average Bonchev–Trinajstić information content (AvgIpc) is 2.79. The lowest BCUT2D eigenvalue weighted by molar-refractivity contribution is -0.116. The fraction of sp³-hybridized carbons (Fsp3) is 0.762. The fourth-order valence-corrected chi connectivity index (χ4v) is 7.16. The molecule has 3 fully saturated rings. The zero-order valence-corrected chi connectivity index (χ0v) is 15.0. The first kappa shape index (κ1) is 15.8. The van der Waals surface area contributed by atoms with Gasteiger partial charge in [-0.1, -0.05) is 25.3 Å². The molecule has 0 amide bonds. The van der Waals surface area contributed by atoms with E-state index in [1.54, 1.807) is 0 Å². The van der Waals surface area contributed by atoms with Gasteiger partial charge in [0.05, 0.1) is 0 Å². The van der Waals surface area contributed by atoms with E-state index in [0.717, 1.165) is 43.9 Å². The number of carbonyl (C=O) groups is 1. The highest BCUT2D eigenvalue weighted by molar-refractivity contribution is 6.26. The lowest BCUT2D eigenvalue weighted by atomic mass is 9.49. The van der Waals surface area contributed by atoms with Crippen LogP contribution in [0.4, 0.5) is 0 Å². The van der Waals surface area contributed by atoms with E-state index in [4.69, 9.17) is 18.0 Å². The molecule has 0 N–H and O–H groups in total. The van der Waals surface area contributed by atoms with Gasteiger partial charge in [0, 0.05) is 11.8 Å². The molecule has 0 heterocycles. The van der Waals surface area contributed by atoms with Crippen LogP contribution in [-0.4, -0.2) is 10.7 Å². The maximum absolute atomic E-state index is 11.8. The van der Waals surface area contributed by atoms with Gasteiger partial charge in [-0.15, -0.1) is 18.0 Å². The average molecular weight is 331 g/mol. The number of rotatable bonds is 0. The minimum atomic E-state index is -0.443. The first-order valence-corrected chi connectivity index (χ1v) is 9.67. The Morgan fingerprint density at radius 3 is 2.83 bits per heavy atom. The fourth-order valence-electron chi connectivity index (χ4n) is 6.81. The number of carbonyl (C=O) groups excluding carboxylic acids is 1. The summed E-state index contributed by atoms with van der Waals surface area (Å²) in [5, 5.41) is 0. The first-order chi connectivity index (χ1) is 10.9. The topological polar surface area (TPSA) is 17.1 Å². The summed E-state index contributed by atoms with van der Waals surface area (Å²) >= 11 is 6.91. The van der Waals surface area contributed by atoms with Crippen LogP contribution in [0.2, 0.25) is 0 Å². The van der Waals surface area contributed by atoms with E-state index in [2.05, 4.69) is 19.8 Å². The van der Waals surface area contributed by atoms with Gasteiger partial charge in [-0.2, -0.15) is 0 Å². The summed E-state index contributed by atoms with van der Waals surface area (Å²) in [6.45, 7) is 4.75. The lowest BCUT2D eigenvalue weighted by Gasteiger charge is -2.56. The summed E-state index contributed by atoms with van der Waals surface area (Å²) in [5.74, 6) is 6.73. The Morgan fingerprint density at radius 2 is 2.09 bits per heavy atom. The number of ketones is 1. The Hall–Kier alpha value is -0.740. The van der Waals surface area contributed by atoms with Crippen molar-refractivity contribution in [2.24, 2.45) is 35.0 Å². The van der Waals surface area contributed by atoms with E-state index < -0.39 is 4.87 Å². The van der Waals surface area contributed by atoms with Gasteiger partial charge in [0.1, 0.15) is 4.87 Å². The molecule has 4 rings (SSSR count). The highest BCUT2D eigenvalue weighted by atomic mass is 35.5. The van der Waals surface area contributed by atoms with E-state index in [-0.39, 0.29) is 5.41 Å². The maximum Gasteiger partial charge on any atom is 0.155 e. The quantitative estimate of drug-likeness (QED) is 0.452. The number of terminal acetylenes is 1. The van der Waals surface area contributed by atoms with Gasteiger partial charge in [-0.05, 0) is 74.2 Å². The molecule has 5 unspecified atom stereocenters. The van der Waals surface area contributed by atoms with Crippen molar-refractivity contribution in [3.63, 3.8) is 0 Å². The van der Waals surface area contributed by atoms with E-state index in [0.29, 0.717) is 23.5 Å². The third-order valence-electron chi connectivity index (χ3n) is 7.96. The molecule has 0 aromatic rings. The Morgan fingerprint density at radius 1 is 1.30 bits per heavy atom. The van der Waals surface area contributed by atoms with Gasteiger partial charge in [-0.25, -0.2) is 0 Å². The third-order valence-corrected chi connectivity index (χ3v) is 8.69. The van der Waals surface area contributed by atoms with Crippen molar-refractivity contribution in [3.05, 3.63) is 11.6 Å². The predicted octanol–water partition coefficient (Wildman–Crippen LogP) is 4.99. The van der Waals surface area contributed by atoms with Crippen molar-refractivity contribution in [2.45, 2.75) is 63.7 Å². The number of fused-ring (bicyclic) bond motifs is 5. The van der Waals surface area contributed by atoms with Gasteiger partial charge in [0.2, 0.25) is 0 Å². The highest BCUT2D eigenvalue weighted by Crippen LogP contribution is 2.67. The number of hydrogen-bond donors (Lipinski definition) is 0. The minimum absolute atomic E-state index is 0.0877. The Labute approximate surface area is 145 Å². The second-order valence-electron chi connectivity index (χ2n) is 8.80. The SMILES string of the molecule is C#C[C@@]1(Cl)CCC2C3C(C)CC4=CC(=O)CCC4C3CC[C@@]21C. The minimum Gasteiger partial charge on any atom is -0.295 e. The molecule has 4 aliphatic carbocycles. The molecule has 4 aliphatic rings. The standard InChI is InChI=1S/C21H27ClO/c1-4-21(22)10-8-18-19-13(2)11-14-12-15(23)5-6-16(14)17(19)7-9-20(18,21)3/h1,12-13,16-19H,5-11H2,2-3H3/t13?,16?,17?,18?,19?,20-,21+/m0/s1. The molecule has 0 bridgehead atoms. The van der Waals surface area contributed by atoms with Crippen molar-refractivity contribution < 1.29 is 4.79 Å². The second kappa shape index (κ2) is 5.13. The van der Waals surface area contributed by atoms with Crippen molar-refractivity contribution in [1.29, 1.82) is 0 Å². The molecule has 3 saturated carbocycles. The molecule has 0 saturated heterocycles. The van der Waals surface area contributed by atoms with Crippen LogP contribution in [0.25, 0.3) is 0 Å². The lowest BCUT2D eigenvalue weighted by Crippen LogP contribution is -2.52. The molecule has 2 heteroatoms. The van der Waals surface area contributed by atoms with Crippen LogP contribution in [-0.2, 0) is 4.79 Å². The molecule has 0 radical (unpaired) electrons. The summed E-state index contributed by atoms with van der Waals surface area (Å²) in [4.78, 5) is 11.4. The predicted molar refractivity (Wildman–Crippen MR) is 94.1 cm³/mol. The molecule has 0 spiro atoms. The molecule has 0 aromatic heterocycles. The smallest absolute Gasteiger partial charge is 0.155 e. The summed E-state index contributed by atoms with van der Waals surface area (Å²) < 4.78 is 0. The largest absolute Gasteiger partial charge is 0.295 e. The maximum atomic E-state index is 11.8. The molecule has 7 atom stereocenters. The van der Waals surface area contributed by atoms with Crippen LogP contribution >= 0.6 is 11.6 Å². The van der Waals surface area contributed by atoms with Crippen molar-refractivity contribution in [3.8, 4) is 12.3 Å². The van der Waals surface area contributed by atoms with E-state index in [1.165, 1.54) is 18.4 Å². The molecule has 23 heavy (non-hydrogen) atoms. The van der Waals surface area contributed by atoms with E-state index in [9.17, 15) is 4.79 Å². The summed E-state index contributed by atoms with van der Waals surface area (Å²) in [7, 11) is 0. The number of allylic oxidation sites excluding steroid dienone is 1. The van der Waals surface area contributed by atoms with Gasteiger partial charge >= 0.3 is 0 Å². The second-order valence-corrected chi connectivity index (χ2v) is 9.45. The van der Waals surface area contributed by atoms with Crippen LogP contribution in [0.1, 0.15) is 58.8 Å². The summed E-state index contributed by atoms with van der Waals surface area (Å²) in [6.07, 6.45) is 15.3. The van der Waals surface area contributed by atoms with Gasteiger partial charge in [-0.3, -0.25) is 4.79 Å². The van der Waals surface area contributed by atoms with E-state index in [1.807, 2.05) is 6.08 Å². The van der Waals surface area contributed by atoms with E-state index >= 15 is 0 Å².